The molecule has 0 fully saturated rings. The van der Waals surface area contributed by atoms with Crippen LogP contribution in [0.2, 0.25) is 0 Å². The summed E-state index contributed by atoms with van der Waals surface area (Å²) in [6.45, 7) is 0. The number of phenols is 2. The zero-order chi connectivity index (χ0) is 14.3. The molecule has 3 rings (SSSR count). The Bertz CT molecular complexity index is 632. The van der Waals surface area contributed by atoms with Gasteiger partial charge in [0.05, 0.1) is 0 Å². The van der Waals surface area contributed by atoms with Crippen LogP contribution in [0.4, 0.5) is 5.69 Å². The van der Waals surface area contributed by atoms with Gasteiger partial charge in [-0.1, -0.05) is 12.1 Å². The topological polar surface area (TPSA) is 43.7 Å². The molecule has 0 aliphatic heterocycles. The summed E-state index contributed by atoms with van der Waals surface area (Å²) >= 11 is 0. The van der Waals surface area contributed by atoms with Gasteiger partial charge >= 0.3 is 0 Å². The Hall–Kier alpha value is -2.16. The second-order valence-corrected chi connectivity index (χ2v) is 5.62. The lowest BCUT2D eigenvalue weighted by atomic mass is 9.92. The van der Waals surface area contributed by atoms with E-state index in [1.165, 1.54) is 11.3 Å². The van der Waals surface area contributed by atoms with Crippen molar-refractivity contribution in [1.29, 1.82) is 0 Å². The van der Waals surface area contributed by atoms with Crippen molar-refractivity contribution in [3.63, 3.8) is 0 Å². The monoisotopic (exact) mass is 269 g/mol. The van der Waals surface area contributed by atoms with Gasteiger partial charge in [0.1, 0.15) is 0 Å². The molecular weight excluding hydrogens is 250 g/mol. The van der Waals surface area contributed by atoms with E-state index in [0.29, 0.717) is 5.92 Å². The lowest BCUT2D eigenvalue weighted by Crippen LogP contribution is -2.08. The molecule has 1 unspecified atom stereocenters. The summed E-state index contributed by atoms with van der Waals surface area (Å²) in [6.07, 6.45) is 1.98. The molecule has 2 N–H and O–H groups in total. The third-order valence-electron chi connectivity index (χ3n) is 4.13. The zero-order valence-corrected chi connectivity index (χ0v) is 11.8. The van der Waals surface area contributed by atoms with Crippen molar-refractivity contribution in [2.75, 3.05) is 19.0 Å². The molecule has 0 saturated heterocycles. The largest absolute Gasteiger partial charge is 0.504 e. The molecule has 0 aromatic heterocycles. The molecule has 104 valence electrons. The number of fused-ring (bicyclic) bond motifs is 1. The second-order valence-electron chi connectivity index (χ2n) is 5.62. The number of hydrogen-bond acceptors (Lipinski definition) is 3. The first kappa shape index (κ1) is 12.9. The van der Waals surface area contributed by atoms with E-state index in [9.17, 15) is 10.2 Å². The lowest BCUT2D eigenvalue weighted by molar-refractivity contribution is 0.403. The smallest absolute Gasteiger partial charge is 0.157 e. The van der Waals surface area contributed by atoms with Gasteiger partial charge in [-0.05, 0) is 53.8 Å². The highest BCUT2D eigenvalue weighted by atomic mass is 16.3. The molecule has 2 aromatic rings. The van der Waals surface area contributed by atoms with Gasteiger partial charge in [-0.25, -0.2) is 0 Å². The van der Waals surface area contributed by atoms with Gasteiger partial charge < -0.3 is 15.1 Å². The van der Waals surface area contributed by atoms with Crippen molar-refractivity contribution < 1.29 is 10.2 Å². The Morgan fingerprint density at radius 2 is 1.65 bits per heavy atom. The van der Waals surface area contributed by atoms with Crippen LogP contribution in [-0.4, -0.2) is 24.3 Å². The number of benzene rings is 2. The highest BCUT2D eigenvalue weighted by Crippen LogP contribution is 2.42. The highest BCUT2D eigenvalue weighted by molar-refractivity contribution is 5.53. The van der Waals surface area contributed by atoms with Crippen molar-refractivity contribution in [3.8, 4) is 11.5 Å². The fraction of sp³-hybridized carbons (Fsp3) is 0.294. The first-order valence-electron chi connectivity index (χ1n) is 6.88. The zero-order valence-electron chi connectivity index (χ0n) is 11.8. The molecule has 0 saturated carbocycles. The van der Waals surface area contributed by atoms with Crippen LogP contribution in [-0.2, 0) is 6.42 Å². The van der Waals surface area contributed by atoms with E-state index >= 15 is 0 Å². The van der Waals surface area contributed by atoms with E-state index in [0.717, 1.165) is 24.0 Å². The lowest BCUT2D eigenvalue weighted by Gasteiger charge is -2.16. The molecule has 20 heavy (non-hydrogen) atoms. The fourth-order valence-corrected chi connectivity index (χ4v) is 2.98. The SMILES string of the molecule is CN(C)c1ccc(C2CCc3cc(O)c(O)cc32)cc1. The van der Waals surface area contributed by atoms with Crippen LogP contribution in [0, 0.1) is 0 Å². The van der Waals surface area contributed by atoms with Gasteiger partial charge in [-0.15, -0.1) is 0 Å². The van der Waals surface area contributed by atoms with Crippen molar-refractivity contribution in [1.82, 2.24) is 0 Å². The van der Waals surface area contributed by atoms with Crippen LogP contribution in [0.1, 0.15) is 29.0 Å². The molecule has 0 amide bonds. The highest BCUT2D eigenvalue weighted by Gasteiger charge is 2.25. The van der Waals surface area contributed by atoms with Gasteiger partial charge in [0.15, 0.2) is 11.5 Å². The first-order chi connectivity index (χ1) is 9.56. The maximum atomic E-state index is 9.71. The number of rotatable bonds is 2. The maximum absolute atomic E-state index is 9.71. The van der Waals surface area contributed by atoms with Crippen LogP contribution in [0.25, 0.3) is 0 Å². The molecular formula is C17H19NO2. The van der Waals surface area contributed by atoms with E-state index in [1.807, 2.05) is 14.1 Å². The van der Waals surface area contributed by atoms with Crippen molar-refractivity contribution in [2.45, 2.75) is 18.8 Å². The van der Waals surface area contributed by atoms with Gasteiger partial charge in [0, 0.05) is 25.7 Å². The predicted molar refractivity (Wildman–Crippen MR) is 80.7 cm³/mol. The van der Waals surface area contributed by atoms with Crippen molar-refractivity contribution in [2.24, 2.45) is 0 Å². The minimum absolute atomic E-state index is 0.0210. The van der Waals surface area contributed by atoms with Crippen LogP contribution in [0.15, 0.2) is 36.4 Å². The number of aryl methyl sites for hydroxylation is 1. The molecule has 1 atom stereocenters. The average molecular weight is 269 g/mol. The molecule has 0 spiro atoms. The van der Waals surface area contributed by atoms with Crippen LogP contribution < -0.4 is 4.90 Å². The predicted octanol–water partition coefficient (Wildman–Crippen LogP) is 3.24. The van der Waals surface area contributed by atoms with E-state index in [1.54, 1.807) is 12.1 Å². The van der Waals surface area contributed by atoms with Gasteiger partial charge in [-0.2, -0.15) is 0 Å². The summed E-state index contributed by atoms with van der Waals surface area (Å²) in [5.41, 5.74) is 4.72. The number of nitrogens with zero attached hydrogens (tertiary/aromatic N) is 1. The summed E-state index contributed by atoms with van der Waals surface area (Å²) in [5, 5.41) is 19.3. The molecule has 2 aromatic carbocycles. The number of phenolic OH excluding ortho intramolecular Hbond substituents is 2. The minimum Gasteiger partial charge on any atom is -0.504 e. The minimum atomic E-state index is -0.0273. The molecule has 0 heterocycles. The van der Waals surface area contributed by atoms with E-state index in [4.69, 9.17) is 0 Å². The number of hydrogen-bond donors (Lipinski definition) is 2. The molecule has 1 aliphatic carbocycles. The van der Waals surface area contributed by atoms with Crippen LogP contribution in [0.3, 0.4) is 0 Å². The second kappa shape index (κ2) is 4.75. The summed E-state index contributed by atoms with van der Waals surface area (Å²) in [6, 6.07) is 11.9. The number of anilines is 1. The Balaban J connectivity index is 1.96. The van der Waals surface area contributed by atoms with Crippen LogP contribution in [0.5, 0.6) is 11.5 Å². The molecule has 1 aliphatic rings. The Morgan fingerprint density at radius 1 is 1.00 bits per heavy atom. The summed E-state index contributed by atoms with van der Waals surface area (Å²) in [7, 11) is 4.06. The number of aromatic hydroxyl groups is 2. The molecule has 3 heteroatoms. The van der Waals surface area contributed by atoms with Gasteiger partial charge in [-0.3, -0.25) is 0 Å². The molecule has 3 nitrogen and oxygen atoms in total. The van der Waals surface area contributed by atoms with Gasteiger partial charge in [0.25, 0.3) is 0 Å². The average Bonchev–Trinajstić information content (AvgIpc) is 2.82. The van der Waals surface area contributed by atoms with Crippen molar-refractivity contribution in [3.05, 3.63) is 53.1 Å². The fourth-order valence-electron chi connectivity index (χ4n) is 2.98. The third kappa shape index (κ3) is 2.09. The third-order valence-corrected chi connectivity index (χ3v) is 4.13. The summed E-state index contributed by atoms with van der Waals surface area (Å²) < 4.78 is 0. The maximum Gasteiger partial charge on any atom is 0.157 e. The van der Waals surface area contributed by atoms with Crippen LogP contribution >= 0.6 is 0 Å². The Labute approximate surface area is 119 Å². The van der Waals surface area contributed by atoms with E-state index in [-0.39, 0.29) is 11.5 Å². The van der Waals surface area contributed by atoms with Gasteiger partial charge in [0.2, 0.25) is 0 Å². The Morgan fingerprint density at radius 3 is 2.30 bits per heavy atom. The van der Waals surface area contributed by atoms with E-state index < -0.39 is 0 Å². The van der Waals surface area contributed by atoms with E-state index in [2.05, 4.69) is 29.2 Å². The Kier molecular flexibility index (Phi) is 3.05. The molecule has 0 bridgehead atoms. The first-order valence-corrected chi connectivity index (χ1v) is 6.88. The van der Waals surface area contributed by atoms with Crippen molar-refractivity contribution >= 4 is 5.69 Å². The summed E-state index contributed by atoms with van der Waals surface area (Å²) in [5.74, 6) is 0.264. The standard InChI is InChI=1S/C17H19NO2/c1-18(2)13-6-3-11(4-7-13)14-8-5-12-9-16(19)17(20)10-15(12)14/h3-4,6-7,9-10,14,19-20H,5,8H2,1-2H3. The quantitative estimate of drug-likeness (QED) is 0.823. The normalized spacial score (nSPS) is 17.0. The molecule has 0 radical (unpaired) electrons. The summed E-state index contributed by atoms with van der Waals surface area (Å²) in [4.78, 5) is 2.08.